The smallest absolute Gasteiger partial charge is 0.254 e. The van der Waals surface area contributed by atoms with E-state index < -0.39 is 0 Å². The molecule has 2 rings (SSSR count). The van der Waals surface area contributed by atoms with E-state index in [1.807, 2.05) is 31.2 Å². The Hall–Kier alpha value is -2.23. The van der Waals surface area contributed by atoms with Crippen LogP contribution in [0.3, 0.4) is 0 Å². The lowest BCUT2D eigenvalue weighted by Crippen LogP contribution is -2.24. The first-order chi connectivity index (χ1) is 8.68. The highest BCUT2D eigenvalue weighted by Gasteiger charge is 2.09. The van der Waals surface area contributed by atoms with Gasteiger partial charge in [0, 0.05) is 12.7 Å². The molecule has 0 fully saturated rings. The molecule has 0 atom stereocenters. The maximum Gasteiger partial charge on any atom is 0.254 e. The molecule has 4 nitrogen and oxygen atoms in total. The number of hydrogen-bond acceptors (Lipinski definition) is 3. The minimum Gasteiger partial charge on any atom is -0.348 e. The third kappa shape index (κ3) is 2.71. The maximum atomic E-state index is 12.0. The van der Waals surface area contributed by atoms with Crippen LogP contribution in [-0.4, -0.2) is 15.9 Å². The van der Waals surface area contributed by atoms with Crippen molar-refractivity contribution in [3.05, 3.63) is 59.2 Å². The quantitative estimate of drug-likeness (QED) is 0.894. The molecular weight excluding hydrogens is 226 g/mol. The fraction of sp³-hybridized carbons (Fsp3) is 0.214. The lowest BCUT2D eigenvalue weighted by Gasteiger charge is -2.08. The number of rotatable bonds is 3. The number of carbonyl (C=O) groups is 1. The summed E-state index contributed by atoms with van der Waals surface area (Å²) in [5.74, 6) is -0.142. The molecule has 0 saturated carbocycles. The van der Waals surface area contributed by atoms with Gasteiger partial charge in [-0.25, -0.2) is 9.97 Å². The molecule has 1 amide bonds. The second-order valence-corrected chi connectivity index (χ2v) is 4.13. The Kier molecular flexibility index (Phi) is 3.67. The fourth-order valence-corrected chi connectivity index (χ4v) is 1.69. The molecule has 0 radical (unpaired) electrons. The van der Waals surface area contributed by atoms with Crippen LogP contribution in [0.15, 0.2) is 36.8 Å². The van der Waals surface area contributed by atoms with Crippen molar-refractivity contribution < 1.29 is 4.79 Å². The molecule has 0 aliphatic heterocycles. The highest BCUT2D eigenvalue weighted by molar-refractivity contribution is 5.94. The summed E-state index contributed by atoms with van der Waals surface area (Å²) in [6.45, 7) is 4.34. The number of nitrogens with zero attached hydrogens (tertiary/aromatic N) is 2. The lowest BCUT2D eigenvalue weighted by molar-refractivity contribution is 0.0949. The molecule has 0 unspecified atom stereocenters. The van der Waals surface area contributed by atoms with E-state index in [-0.39, 0.29) is 5.91 Å². The lowest BCUT2D eigenvalue weighted by atomic mass is 10.1. The van der Waals surface area contributed by atoms with Gasteiger partial charge in [-0.1, -0.05) is 24.3 Å². The van der Waals surface area contributed by atoms with Gasteiger partial charge in [0.05, 0.1) is 11.3 Å². The molecule has 0 spiro atoms. The Morgan fingerprint density at radius 2 is 2.06 bits per heavy atom. The second kappa shape index (κ2) is 5.40. The Morgan fingerprint density at radius 1 is 1.28 bits per heavy atom. The standard InChI is InChI=1S/C14H15N3O/c1-10-5-3-4-6-12(10)7-16-14(18)13-8-15-9-17-11(13)2/h3-6,8-9H,7H2,1-2H3,(H,16,18). The van der Waals surface area contributed by atoms with Crippen molar-refractivity contribution in [2.75, 3.05) is 0 Å². The van der Waals surface area contributed by atoms with E-state index in [1.165, 1.54) is 18.1 Å². The average molecular weight is 241 g/mol. The van der Waals surface area contributed by atoms with E-state index in [0.29, 0.717) is 17.8 Å². The summed E-state index contributed by atoms with van der Waals surface area (Å²) in [7, 11) is 0. The molecule has 18 heavy (non-hydrogen) atoms. The predicted molar refractivity (Wildman–Crippen MR) is 69.1 cm³/mol. The summed E-state index contributed by atoms with van der Waals surface area (Å²) in [6.07, 6.45) is 2.98. The van der Waals surface area contributed by atoms with Gasteiger partial charge in [-0.15, -0.1) is 0 Å². The first kappa shape index (κ1) is 12.2. The van der Waals surface area contributed by atoms with Crippen LogP contribution in [0.4, 0.5) is 0 Å². The third-order valence-electron chi connectivity index (χ3n) is 2.86. The van der Waals surface area contributed by atoms with Gasteiger partial charge in [0.25, 0.3) is 5.91 Å². The van der Waals surface area contributed by atoms with Crippen LogP contribution < -0.4 is 5.32 Å². The number of aromatic nitrogens is 2. The van der Waals surface area contributed by atoms with Crippen molar-refractivity contribution in [2.45, 2.75) is 20.4 Å². The van der Waals surface area contributed by atoms with Crippen molar-refractivity contribution in [3.63, 3.8) is 0 Å². The molecule has 0 bridgehead atoms. The van der Waals surface area contributed by atoms with E-state index in [0.717, 1.165) is 5.56 Å². The van der Waals surface area contributed by atoms with Crippen LogP contribution in [0.1, 0.15) is 27.2 Å². The summed E-state index contributed by atoms with van der Waals surface area (Å²) < 4.78 is 0. The fourth-order valence-electron chi connectivity index (χ4n) is 1.69. The second-order valence-electron chi connectivity index (χ2n) is 4.13. The number of carbonyl (C=O) groups excluding carboxylic acids is 1. The summed E-state index contributed by atoms with van der Waals surface area (Å²) >= 11 is 0. The third-order valence-corrected chi connectivity index (χ3v) is 2.86. The van der Waals surface area contributed by atoms with Crippen molar-refractivity contribution >= 4 is 5.91 Å². The average Bonchev–Trinajstić information content (AvgIpc) is 2.38. The zero-order valence-corrected chi connectivity index (χ0v) is 10.5. The predicted octanol–water partition coefficient (Wildman–Crippen LogP) is 2.02. The molecule has 92 valence electrons. The van der Waals surface area contributed by atoms with Crippen LogP contribution >= 0.6 is 0 Å². The number of aryl methyl sites for hydroxylation is 2. The van der Waals surface area contributed by atoms with Gasteiger partial charge < -0.3 is 5.32 Å². The monoisotopic (exact) mass is 241 g/mol. The first-order valence-corrected chi connectivity index (χ1v) is 5.78. The molecular formula is C14H15N3O. The van der Waals surface area contributed by atoms with Crippen molar-refractivity contribution in [1.29, 1.82) is 0 Å². The Bertz CT molecular complexity index is 566. The van der Waals surface area contributed by atoms with Gasteiger partial charge in [0.15, 0.2) is 0 Å². The maximum absolute atomic E-state index is 12.0. The van der Waals surface area contributed by atoms with Crippen LogP contribution in [-0.2, 0) is 6.54 Å². The summed E-state index contributed by atoms with van der Waals surface area (Å²) in [4.78, 5) is 19.8. The van der Waals surface area contributed by atoms with Crippen LogP contribution in [0.2, 0.25) is 0 Å². The van der Waals surface area contributed by atoms with Gasteiger partial charge in [0.1, 0.15) is 6.33 Å². The Balaban J connectivity index is 2.06. The van der Waals surface area contributed by atoms with Gasteiger partial charge in [-0.3, -0.25) is 4.79 Å². The van der Waals surface area contributed by atoms with E-state index in [2.05, 4.69) is 15.3 Å². The molecule has 0 aliphatic rings. The molecule has 1 aromatic heterocycles. The SMILES string of the molecule is Cc1ccccc1CNC(=O)c1cncnc1C. The normalized spacial score (nSPS) is 10.1. The number of nitrogens with one attached hydrogen (secondary N) is 1. The van der Waals surface area contributed by atoms with Crippen LogP contribution in [0, 0.1) is 13.8 Å². The van der Waals surface area contributed by atoms with Crippen molar-refractivity contribution in [3.8, 4) is 0 Å². The highest BCUT2D eigenvalue weighted by atomic mass is 16.1. The minimum absolute atomic E-state index is 0.142. The number of hydrogen-bond donors (Lipinski definition) is 1. The van der Waals surface area contributed by atoms with Gasteiger partial charge in [0.2, 0.25) is 0 Å². The minimum atomic E-state index is -0.142. The molecule has 1 aromatic carbocycles. The molecule has 2 aromatic rings. The van der Waals surface area contributed by atoms with E-state index >= 15 is 0 Å². The van der Waals surface area contributed by atoms with E-state index in [1.54, 1.807) is 6.92 Å². The molecule has 4 heteroatoms. The summed E-state index contributed by atoms with van der Waals surface area (Å²) in [5.41, 5.74) is 3.48. The zero-order chi connectivity index (χ0) is 13.0. The summed E-state index contributed by atoms with van der Waals surface area (Å²) in [6, 6.07) is 7.98. The first-order valence-electron chi connectivity index (χ1n) is 5.78. The topological polar surface area (TPSA) is 54.9 Å². The summed E-state index contributed by atoms with van der Waals surface area (Å²) in [5, 5.41) is 2.88. The van der Waals surface area contributed by atoms with Gasteiger partial charge in [-0.05, 0) is 25.0 Å². The number of amides is 1. The Morgan fingerprint density at radius 3 is 2.78 bits per heavy atom. The number of benzene rings is 1. The Labute approximate surface area is 106 Å². The van der Waals surface area contributed by atoms with E-state index in [9.17, 15) is 4.79 Å². The highest BCUT2D eigenvalue weighted by Crippen LogP contribution is 2.07. The molecule has 1 N–H and O–H groups in total. The van der Waals surface area contributed by atoms with Crippen molar-refractivity contribution in [2.24, 2.45) is 0 Å². The zero-order valence-electron chi connectivity index (χ0n) is 10.5. The van der Waals surface area contributed by atoms with Gasteiger partial charge >= 0.3 is 0 Å². The molecule has 1 heterocycles. The van der Waals surface area contributed by atoms with E-state index in [4.69, 9.17) is 0 Å². The van der Waals surface area contributed by atoms with Crippen LogP contribution in [0.25, 0.3) is 0 Å². The van der Waals surface area contributed by atoms with Crippen LogP contribution in [0.5, 0.6) is 0 Å². The molecule has 0 aliphatic carbocycles. The largest absolute Gasteiger partial charge is 0.348 e. The molecule has 0 saturated heterocycles. The van der Waals surface area contributed by atoms with Crippen molar-refractivity contribution in [1.82, 2.24) is 15.3 Å². The van der Waals surface area contributed by atoms with Gasteiger partial charge in [-0.2, -0.15) is 0 Å².